The molecule has 0 bridgehead atoms. The van der Waals surface area contributed by atoms with Gasteiger partial charge in [-0.05, 0) is 36.7 Å². The number of amides is 2. The number of aliphatic hydroxyl groups excluding tert-OH is 1. The number of rotatable bonds is 3. The van der Waals surface area contributed by atoms with Crippen LogP contribution in [-0.2, 0) is 15.0 Å². The van der Waals surface area contributed by atoms with E-state index >= 15 is 0 Å². The molecule has 0 radical (unpaired) electrons. The SMILES string of the molecule is CC(=O)N1CC(CO)C2(CCN(C(=O)C3(c4ccccc4)CC3)CC2)C1. The molecule has 1 unspecified atom stereocenters. The van der Waals surface area contributed by atoms with Crippen molar-refractivity contribution in [1.82, 2.24) is 9.80 Å². The van der Waals surface area contributed by atoms with Crippen LogP contribution in [0.5, 0.6) is 0 Å². The van der Waals surface area contributed by atoms with Gasteiger partial charge in [-0.25, -0.2) is 0 Å². The van der Waals surface area contributed by atoms with Crippen molar-refractivity contribution in [2.45, 2.75) is 38.0 Å². The molecule has 2 heterocycles. The van der Waals surface area contributed by atoms with Crippen LogP contribution in [0.4, 0.5) is 0 Å². The lowest BCUT2D eigenvalue weighted by molar-refractivity contribution is -0.137. The lowest BCUT2D eigenvalue weighted by Crippen LogP contribution is -2.49. The van der Waals surface area contributed by atoms with Gasteiger partial charge in [-0.3, -0.25) is 9.59 Å². The van der Waals surface area contributed by atoms with Crippen LogP contribution in [0.25, 0.3) is 0 Å². The van der Waals surface area contributed by atoms with E-state index in [1.165, 1.54) is 0 Å². The molecule has 140 valence electrons. The van der Waals surface area contributed by atoms with Crippen LogP contribution in [0.3, 0.4) is 0 Å². The summed E-state index contributed by atoms with van der Waals surface area (Å²) >= 11 is 0. The Balaban J connectivity index is 1.45. The molecular weight excluding hydrogens is 328 g/mol. The molecule has 5 heteroatoms. The third-order valence-electron chi connectivity index (χ3n) is 7.01. The minimum absolute atomic E-state index is 0.0271. The Hall–Kier alpha value is -1.88. The highest BCUT2D eigenvalue weighted by Gasteiger charge is 2.55. The molecule has 3 aliphatic rings. The fourth-order valence-electron chi connectivity index (χ4n) is 5.06. The average molecular weight is 356 g/mol. The molecule has 0 aromatic heterocycles. The normalized spacial score (nSPS) is 26.2. The molecular formula is C21H28N2O3. The number of hydrogen-bond donors (Lipinski definition) is 1. The predicted molar refractivity (Wildman–Crippen MR) is 98.4 cm³/mol. The van der Waals surface area contributed by atoms with E-state index in [0.717, 1.165) is 50.9 Å². The van der Waals surface area contributed by atoms with Crippen LogP contribution >= 0.6 is 0 Å². The van der Waals surface area contributed by atoms with E-state index in [9.17, 15) is 14.7 Å². The Bertz CT molecular complexity index is 690. The number of likely N-dealkylation sites (tertiary alicyclic amines) is 2. The Kier molecular flexibility index (Phi) is 4.30. The van der Waals surface area contributed by atoms with Gasteiger partial charge in [0.2, 0.25) is 11.8 Å². The summed E-state index contributed by atoms with van der Waals surface area (Å²) in [5.41, 5.74) is 0.811. The molecule has 4 rings (SSSR count). The first-order valence-electron chi connectivity index (χ1n) is 9.72. The second-order valence-electron chi connectivity index (χ2n) is 8.38. The van der Waals surface area contributed by atoms with Gasteiger partial charge in [-0.2, -0.15) is 0 Å². The molecule has 2 saturated heterocycles. The summed E-state index contributed by atoms with van der Waals surface area (Å²) in [6, 6.07) is 10.1. The Morgan fingerprint density at radius 1 is 1.08 bits per heavy atom. The van der Waals surface area contributed by atoms with Crippen molar-refractivity contribution in [3.63, 3.8) is 0 Å². The molecule has 5 nitrogen and oxygen atoms in total. The van der Waals surface area contributed by atoms with Crippen LogP contribution in [0.2, 0.25) is 0 Å². The largest absolute Gasteiger partial charge is 0.396 e. The number of benzene rings is 1. The van der Waals surface area contributed by atoms with Crippen LogP contribution < -0.4 is 0 Å². The zero-order chi connectivity index (χ0) is 18.4. The molecule has 1 N–H and O–H groups in total. The number of carbonyl (C=O) groups is 2. The highest BCUT2D eigenvalue weighted by molar-refractivity contribution is 5.91. The van der Waals surface area contributed by atoms with Crippen molar-refractivity contribution >= 4 is 11.8 Å². The zero-order valence-corrected chi connectivity index (χ0v) is 15.5. The van der Waals surface area contributed by atoms with Gasteiger partial charge < -0.3 is 14.9 Å². The first-order valence-corrected chi connectivity index (χ1v) is 9.72. The summed E-state index contributed by atoms with van der Waals surface area (Å²) in [6.07, 6.45) is 3.63. The molecule has 2 amide bonds. The Morgan fingerprint density at radius 3 is 2.27 bits per heavy atom. The summed E-state index contributed by atoms with van der Waals surface area (Å²) in [7, 11) is 0. The van der Waals surface area contributed by atoms with E-state index in [4.69, 9.17) is 0 Å². The molecule has 26 heavy (non-hydrogen) atoms. The van der Waals surface area contributed by atoms with Gasteiger partial charge in [0.1, 0.15) is 0 Å². The third-order valence-corrected chi connectivity index (χ3v) is 7.01. The fourth-order valence-corrected chi connectivity index (χ4v) is 5.06. The molecule has 1 aliphatic carbocycles. The summed E-state index contributed by atoms with van der Waals surface area (Å²) in [6.45, 7) is 4.55. The number of nitrogens with zero attached hydrogens (tertiary/aromatic N) is 2. The van der Waals surface area contributed by atoms with E-state index in [0.29, 0.717) is 6.54 Å². The molecule has 2 aliphatic heterocycles. The minimum Gasteiger partial charge on any atom is -0.396 e. The Labute approximate surface area is 155 Å². The third kappa shape index (κ3) is 2.73. The maximum absolute atomic E-state index is 13.2. The molecule has 1 saturated carbocycles. The van der Waals surface area contributed by atoms with Gasteiger partial charge in [0, 0.05) is 45.6 Å². The van der Waals surface area contributed by atoms with Crippen LogP contribution in [-0.4, -0.2) is 59.5 Å². The molecule has 1 spiro atoms. The monoisotopic (exact) mass is 356 g/mol. The van der Waals surface area contributed by atoms with Crippen molar-refractivity contribution in [3.05, 3.63) is 35.9 Å². The lowest BCUT2D eigenvalue weighted by atomic mass is 9.71. The van der Waals surface area contributed by atoms with Crippen molar-refractivity contribution in [1.29, 1.82) is 0 Å². The maximum atomic E-state index is 13.2. The van der Waals surface area contributed by atoms with Gasteiger partial charge >= 0.3 is 0 Å². The summed E-state index contributed by atoms with van der Waals surface area (Å²) in [5.74, 6) is 0.480. The summed E-state index contributed by atoms with van der Waals surface area (Å²) < 4.78 is 0. The van der Waals surface area contributed by atoms with E-state index in [1.54, 1.807) is 6.92 Å². The first-order chi connectivity index (χ1) is 12.5. The molecule has 1 atom stereocenters. The number of piperidine rings is 1. The number of carbonyl (C=O) groups excluding carboxylic acids is 2. The van der Waals surface area contributed by atoms with Gasteiger partial charge in [0.25, 0.3) is 0 Å². The van der Waals surface area contributed by atoms with E-state index in [1.807, 2.05) is 28.0 Å². The smallest absolute Gasteiger partial charge is 0.233 e. The van der Waals surface area contributed by atoms with Gasteiger partial charge in [0.05, 0.1) is 5.41 Å². The van der Waals surface area contributed by atoms with Crippen molar-refractivity contribution in [3.8, 4) is 0 Å². The summed E-state index contributed by atoms with van der Waals surface area (Å²) in [4.78, 5) is 28.9. The molecule has 1 aromatic carbocycles. The van der Waals surface area contributed by atoms with Gasteiger partial charge in [-0.15, -0.1) is 0 Å². The van der Waals surface area contributed by atoms with Crippen molar-refractivity contribution in [2.75, 3.05) is 32.8 Å². The predicted octanol–water partition coefficient (Wildman–Crippen LogP) is 1.80. The standard InChI is InChI=1S/C21H28N2O3/c1-16(25)23-13-18(14-24)20(15-23)9-11-22(12-10-20)19(26)21(7-8-21)17-5-3-2-4-6-17/h2-6,18,24H,7-15H2,1H3. The topological polar surface area (TPSA) is 60.9 Å². The number of hydrogen-bond acceptors (Lipinski definition) is 3. The maximum Gasteiger partial charge on any atom is 0.233 e. The van der Waals surface area contributed by atoms with Gasteiger partial charge in [0.15, 0.2) is 0 Å². The quantitative estimate of drug-likeness (QED) is 0.898. The van der Waals surface area contributed by atoms with E-state index in [2.05, 4.69) is 12.1 Å². The van der Waals surface area contributed by atoms with Crippen LogP contribution in [0.15, 0.2) is 30.3 Å². The highest BCUT2D eigenvalue weighted by atomic mass is 16.3. The van der Waals surface area contributed by atoms with E-state index in [-0.39, 0.29) is 35.2 Å². The van der Waals surface area contributed by atoms with Crippen molar-refractivity contribution < 1.29 is 14.7 Å². The average Bonchev–Trinajstić information content (AvgIpc) is 3.40. The highest BCUT2D eigenvalue weighted by Crippen LogP contribution is 2.51. The molecule has 3 fully saturated rings. The minimum atomic E-state index is -0.302. The second-order valence-corrected chi connectivity index (χ2v) is 8.38. The van der Waals surface area contributed by atoms with Crippen molar-refractivity contribution in [2.24, 2.45) is 11.3 Å². The van der Waals surface area contributed by atoms with Crippen LogP contribution in [0, 0.1) is 11.3 Å². The van der Waals surface area contributed by atoms with Crippen LogP contribution in [0.1, 0.15) is 38.2 Å². The van der Waals surface area contributed by atoms with Gasteiger partial charge in [-0.1, -0.05) is 30.3 Å². The summed E-state index contributed by atoms with van der Waals surface area (Å²) in [5, 5.41) is 9.83. The zero-order valence-electron chi connectivity index (χ0n) is 15.5. The van der Waals surface area contributed by atoms with E-state index < -0.39 is 0 Å². The fraction of sp³-hybridized carbons (Fsp3) is 0.619. The first kappa shape index (κ1) is 17.5. The molecule has 1 aromatic rings. The second kappa shape index (κ2) is 6.38. The number of aliphatic hydroxyl groups is 1. The lowest BCUT2D eigenvalue weighted by Gasteiger charge is -2.43. The Morgan fingerprint density at radius 2 is 1.73 bits per heavy atom.